The van der Waals surface area contributed by atoms with E-state index in [1.165, 1.54) is 0 Å². The predicted octanol–water partition coefficient (Wildman–Crippen LogP) is 5.87. The van der Waals surface area contributed by atoms with Crippen LogP contribution in [0.5, 0.6) is 0 Å². The molecule has 0 N–H and O–H groups in total. The zero-order valence-corrected chi connectivity index (χ0v) is 20.0. The van der Waals surface area contributed by atoms with Gasteiger partial charge in [-0.15, -0.1) is 11.3 Å². The van der Waals surface area contributed by atoms with Crippen LogP contribution in [0.1, 0.15) is 44.0 Å². The van der Waals surface area contributed by atoms with E-state index in [-0.39, 0.29) is 10.9 Å². The second kappa shape index (κ2) is 9.90. The Kier molecular flexibility index (Phi) is 6.98. The molecule has 4 aromatic rings. The summed E-state index contributed by atoms with van der Waals surface area (Å²) in [6, 6.07) is 9.77. The molecule has 4 rings (SSSR count). The molecule has 0 bridgehead atoms. The molecule has 0 aliphatic carbocycles. The van der Waals surface area contributed by atoms with Crippen LogP contribution in [0.4, 0.5) is 0 Å². The molecule has 1 atom stereocenters. The molecule has 0 saturated carbocycles. The zero-order chi connectivity index (χ0) is 22.7. The number of aromatic nitrogens is 4. The highest BCUT2D eigenvalue weighted by Gasteiger charge is 2.17. The average molecular weight is 468 g/mol. The van der Waals surface area contributed by atoms with Crippen molar-refractivity contribution in [2.75, 3.05) is 13.1 Å². The quantitative estimate of drug-likeness (QED) is 0.227. The Morgan fingerprint density at radius 1 is 1.19 bits per heavy atom. The lowest BCUT2D eigenvalue weighted by Crippen LogP contribution is -2.33. The molecule has 166 valence electrons. The summed E-state index contributed by atoms with van der Waals surface area (Å²) in [7, 11) is 0. The largest absolute Gasteiger partial charge is 0.301 e. The van der Waals surface area contributed by atoms with Crippen LogP contribution < -0.4 is 0 Å². The Morgan fingerprint density at radius 2 is 2.00 bits per heavy atom. The van der Waals surface area contributed by atoms with Crippen molar-refractivity contribution in [2.24, 2.45) is 0 Å². The van der Waals surface area contributed by atoms with E-state index in [4.69, 9.17) is 16.6 Å². The van der Waals surface area contributed by atoms with Gasteiger partial charge in [0.15, 0.2) is 11.4 Å². The maximum atomic E-state index is 13.0. The minimum absolute atomic E-state index is 0.0678. The summed E-state index contributed by atoms with van der Waals surface area (Å²) in [5.74, 6) is 0.0678. The number of fused-ring (bicyclic) bond motifs is 1. The fourth-order valence-electron chi connectivity index (χ4n) is 3.92. The maximum absolute atomic E-state index is 13.0. The van der Waals surface area contributed by atoms with Crippen LogP contribution in [-0.2, 0) is 0 Å². The Labute approximate surface area is 196 Å². The van der Waals surface area contributed by atoms with Crippen molar-refractivity contribution in [3.8, 4) is 21.8 Å². The first-order chi connectivity index (χ1) is 15.5. The van der Waals surface area contributed by atoms with Gasteiger partial charge in [-0.25, -0.2) is 14.5 Å². The predicted molar refractivity (Wildman–Crippen MR) is 130 cm³/mol. The summed E-state index contributed by atoms with van der Waals surface area (Å²) < 4.78 is 1.71. The smallest absolute Gasteiger partial charge is 0.165 e. The maximum Gasteiger partial charge on any atom is 0.165 e. The number of nitrogens with zero attached hydrogens (tertiary/aromatic N) is 5. The second-order valence-corrected chi connectivity index (χ2v) is 9.05. The standard InChI is InChI=1S/C24H26ClN5OS/c1-4-29(5-2)16(3)8-9-21(31)17-13-20(27-23(25)14-17)18-15-26-30-11-10-19(28-24(18)30)22-7-6-12-32-22/h6-7,10-16H,4-5,8-9H2,1-3H3/t16-/m0/s1. The minimum atomic E-state index is 0.0678. The Bertz CT molecular complexity index is 1220. The molecule has 0 radical (unpaired) electrons. The van der Waals surface area contributed by atoms with Gasteiger partial charge in [0.2, 0.25) is 0 Å². The molecular weight excluding hydrogens is 442 g/mol. The van der Waals surface area contributed by atoms with E-state index in [0.717, 1.165) is 35.6 Å². The fourth-order valence-corrected chi connectivity index (χ4v) is 4.82. The average Bonchev–Trinajstić information content (AvgIpc) is 3.47. The number of rotatable bonds is 9. The van der Waals surface area contributed by atoms with Crippen molar-refractivity contribution in [2.45, 2.75) is 39.7 Å². The number of Topliss-reactive ketones (excluding diaryl/α,β-unsaturated/α-hetero) is 1. The Morgan fingerprint density at radius 3 is 2.72 bits per heavy atom. The van der Waals surface area contributed by atoms with Gasteiger partial charge in [0.1, 0.15) is 5.15 Å². The van der Waals surface area contributed by atoms with Crippen molar-refractivity contribution in [3.63, 3.8) is 0 Å². The summed E-state index contributed by atoms with van der Waals surface area (Å²) in [6.07, 6.45) is 4.87. The van der Waals surface area contributed by atoms with Gasteiger partial charge in [-0.2, -0.15) is 5.10 Å². The molecule has 0 aromatic carbocycles. The highest BCUT2D eigenvalue weighted by molar-refractivity contribution is 7.13. The zero-order valence-electron chi connectivity index (χ0n) is 18.5. The lowest BCUT2D eigenvalue weighted by molar-refractivity contribution is 0.0964. The van der Waals surface area contributed by atoms with Gasteiger partial charge in [0, 0.05) is 24.2 Å². The highest BCUT2D eigenvalue weighted by Crippen LogP contribution is 2.28. The molecule has 6 nitrogen and oxygen atoms in total. The van der Waals surface area contributed by atoms with Gasteiger partial charge < -0.3 is 4.90 Å². The summed E-state index contributed by atoms with van der Waals surface area (Å²) in [5, 5.41) is 6.72. The minimum Gasteiger partial charge on any atom is -0.301 e. The first kappa shape index (κ1) is 22.6. The number of hydrogen-bond acceptors (Lipinski definition) is 6. The highest BCUT2D eigenvalue weighted by atomic mass is 35.5. The van der Waals surface area contributed by atoms with E-state index >= 15 is 0 Å². The third-order valence-corrected chi connectivity index (χ3v) is 6.85. The normalized spacial score (nSPS) is 12.5. The number of hydrogen-bond donors (Lipinski definition) is 0. The Balaban J connectivity index is 1.62. The lowest BCUT2D eigenvalue weighted by atomic mass is 10.0. The van der Waals surface area contributed by atoms with Crippen molar-refractivity contribution in [1.82, 2.24) is 24.5 Å². The summed E-state index contributed by atoms with van der Waals surface area (Å²) in [6.45, 7) is 8.41. The Hall–Kier alpha value is -2.61. The van der Waals surface area contributed by atoms with Crippen molar-refractivity contribution in [3.05, 3.63) is 58.8 Å². The van der Waals surface area contributed by atoms with Crippen molar-refractivity contribution >= 4 is 34.4 Å². The van der Waals surface area contributed by atoms with Crippen molar-refractivity contribution in [1.29, 1.82) is 0 Å². The number of thiophene rings is 1. The topological polar surface area (TPSA) is 63.4 Å². The number of ketones is 1. The number of carbonyl (C=O) groups is 1. The van der Waals surface area contributed by atoms with E-state index in [9.17, 15) is 4.79 Å². The summed E-state index contributed by atoms with van der Waals surface area (Å²) >= 11 is 7.95. The first-order valence-corrected chi connectivity index (χ1v) is 12.1. The first-order valence-electron chi connectivity index (χ1n) is 10.8. The van der Waals surface area contributed by atoms with Crippen LogP contribution >= 0.6 is 22.9 Å². The summed E-state index contributed by atoms with van der Waals surface area (Å²) in [4.78, 5) is 25.6. The summed E-state index contributed by atoms with van der Waals surface area (Å²) in [5.41, 5.74) is 3.47. The van der Waals surface area contributed by atoms with E-state index in [1.807, 2.05) is 29.8 Å². The van der Waals surface area contributed by atoms with Crippen LogP contribution in [-0.4, -0.2) is 49.4 Å². The molecule has 4 heterocycles. The van der Waals surface area contributed by atoms with E-state index < -0.39 is 0 Å². The number of carbonyl (C=O) groups excluding carboxylic acids is 1. The van der Waals surface area contributed by atoms with Crippen LogP contribution in [0.3, 0.4) is 0 Å². The monoisotopic (exact) mass is 467 g/mol. The van der Waals surface area contributed by atoms with Gasteiger partial charge in [-0.1, -0.05) is 31.5 Å². The molecule has 0 saturated heterocycles. The van der Waals surface area contributed by atoms with Gasteiger partial charge >= 0.3 is 0 Å². The van der Waals surface area contributed by atoms with E-state index in [0.29, 0.717) is 29.4 Å². The fraction of sp³-hybridized carbons (Fsp3) is 0.333. The SMILES string of the molecule is CCN(CC)[C@@H](C)CCC(=O)c1cc(Cl)nc(-c2cnn3ccc(-c4cccs4)nc23)c1. The van der Waals surface area contributed by atoms with Gasteiger partial charge in [-0.3, -0.25) is 4.79 Å². The number of halogens is 1. The van der Waals surface area contributed by atoms with Crippen LogP contribution in [0.15, 0.2) is 48.1 Å². The molecule has 0 fully saturated rings. The molecule has 8 heteroatoms. The molecule has 32 heavy (non-hydrogen) atoms. The molecule has 4 aromatic heterocycles. The molecule has 0 spiro atoms. The number of pyridine rings is 1. The molecule has 0 unspecified atom stereocenters. The van der Waals surface area contributed by atoms with Crippen LogP contribution in [0.2, 0.25) is 5.15 Å². The molecule has 0 aliphatic rings. The molecule has 0 aliphatic heterocycles. The van der Waals surface area contributed by atoms with Crippen LogP contribution in [0, 0.1) is 0 Å². The van der Waals surface area contributed by atoms with Crippen LogP contribution in [0.25, 0.3) is 27.5 Å². The van der Waals surface area contributed by atoms with Gasteiger partial charge in [0.25, 0.3) is 0 Å². The third-order valence-electron chi connectivity index (χ3n) is 5.76. The third kappa shape index (κ3) is 4.75. The molecular formula is C24H26ClN5OS. The second-order valence-electron chi connectivity index (χ2n) is 7.71. The van der Waals surface area contributed by atoms with Gasteiger partial charge in [-0.05, 0) is 56.1 Å². The molecule has 0 amide bonds. The lowest BCUT2D eigenvalue weighted by Gasteiger charge is -2.26. The van der Waals surface area contributed by atoms with Crippen molar-refractivity contribution < 1.29 is 4.79 Å². The van der Waals surface area contributed by atoms with E-state index in [2.05, 4.69) is 35.8 Å². The van der Waals surface area contributed by atoms with Gasteiger partial charge in [0.05, 0.1) is 28.0 Å². The van der Waals surface area contributed by atoms with E-state index in [1.54, 1.807) is 34.2 Å².